The lowest BCUT2D eigenvalue weighted by Gasteiger charge is -2.32. The summed E-state index contributed by atoms with van der Waals surface area (Å²) in [6, 6.07) is 6.29. The molecule has 22 heavy (non-hydrogen) atoms. The van der Waals surface area contributed by atoms with Gasteiger partial charge in [0.25, 0.3) is 0 Å². The third-order valence-corrected chi connectivity index (χ3v) is 4.13. The lowest BCUT2D eigenvalue weighted by Crippen LogP contribution is -2.42. The second kappa shape index (κ2) is 6.95. The molecule has 1 aromatic heterocycles. The van der Waals surface area contributed by atoms with Gasteiger partial charge in [-0.1, -0.05) is 12.1 Å². The zero-order valence-corrected chi connectivity index (χ0v) is 12.7. The molecule has 1 aromatic carbocycles. The van der Waals surface area contributed by atoms with E-state index in [0.717, 1.165) is 5.56 Å². The molecule has 0 aliphatic carbocycles. The van der Waals surface area contributed by atoms with Gasteiger partial charge in [-0.2, -0.15) is 0 Å². The smallest absolute Gasteiger partial charge is 0.240 e. The van der Waals surface area contributed by atoms with E-state index >= 15 is 0 Å². The van der Waals surface area contributed by atoms with Crippen LogP contribution in [-0.4, -0.2) is 42.0 Å². The van der Waals surface area contributed by atoms with E-state index < -0.39 is 0 Å². The summed E-state index contributed by atoms with van der Waals surface area (Å²) in [6.07, 6.45) is 1.52. The molecule has 1 fully saturated rings. The number of thiazole rings is 1. The SMILES string of the molecule is O=C(CN1CCO[C@H](c2ccc(F)cc2)C1)Nc1nccs1. The lowest BCUT2D eigenvalue weighted by molar-refractivity contribution is -0.119. The number of halogens is 1. The van der Waals surface area contributed by atoms with Crippen molar-refractivity contribution in [2.75, 3.05) is 31.6 Å². The summed E-state index contributed by atoms with van der Waals surface area (Å²) >= 11 is 1.39. The van der Waals surface area contributed by atoms with Crippen LogP contribution in [0.2, 0.25) is 0 Å². The number of nitrogens with zero attached hydrogens (tertiary/aromatic N) is 2. The van der Waals surface area contributed by atoms with Crippen molar-refractivity contribution in [3.63, 3.8) is 0 Å². The molecule has 0 saturated carbocycles. The van der Waals surface area contributed by atoms with Gasteiger partial charge in [0.15, 0.2) is 5.13 Å². The van der Waals surface area contributed by atoms with Gasteiger partial charge in [0.2, 0.25) is 5.91 Å². The van der Waals surface area contributed by atoms with Crippen molar-refractivity contribution < 1.29 is 13.9 Å². The van der Waals surface area contributed by atoms with Gasteiger partial charge < -0.3 is 10.1 Å². The first-order valence-electron chi connectivity index (χ1n) is 6.99. The highest BCUT2D eigenvalue weighted by Gasteiger charge is 2.23. The number of aromatic nitrogens is 1. The minimum Gasteiger partial charge on any atom is -0.371 e. The molecular weight excluding hydrogens is 305 g/mol. The monoisotopic (exact) mass is 321 g/mol. The van der Waals surface area contributed by atoms with Crippen LogP contribution < -0.4 is 5.32 Å². The maximum absolute atomic E-state index is 13.0. The Kier molecular flexibility index (Phi) is 4.77. The van der Waals surface area contributed by atoms with Gasteiger partial charge in [-0.15, -0.1) is 11.3 Å². The van der Waals surface area contributed by atoms with Crippen LogP contribution in [0.1, 0.15) is 11.7 Å². The molecule has 0 spiro atoms. The van der Waals surface area contributed by atoms with Crippen molar-refractivity contribution in [3.05, 3.63) is 47.2 Å². The van der Waals surface area contributed by atoms with Crippen molar-refractivity contribution in [1.82, 2.24) is 9.88 Å². The van der Waals surface area contributed by atoms with Gasteiger partial charge in [-0.25, -0.2) is 9.37 Å². The van der Waals surface area contributed by atoms with Crippen LogP contribution in [0.25, 0.3) is 0 Å². The molecule has 1 aliphatic heterocycles. The summed E-state index contributed by atoms with van der Waals surface area (Å²) in [6.45, 7) is 2.15. The van der Waals surface area contributed by atoms with Crippen LogP contribution in [-0.2, 0) is 9.53 Å². The molecule has 0 bridgehead atoms. The molecule has 1 amide bonds. The first kappa shape index (κ1) is 15.1. The van der Waals surface area contributed by atoms with E-state index in [9.17, 15) is 9.18 Å². The summed E-state index contributed by atoms with van der Waals surface area (Å²) in [7, 11) is 0. The molecule has 5 nitrogen and oxygen atoms in total. The quantitative estimate of drug-likeness (QED) is 0.939. The van der Waals surface area contributed by atoms with Gasteiger partial charge in [-0.3, -0.25) is 9.69 Å². The average molecular weight is 321 g/mol. The molecule has 1 saturated heterocycles. The Bertz CT molecular complexity index is 618. The van der Waals surface area contributed by atoms with Crippen molar-refractivity contribution >= 4 is 22.4 Å². The summed E-state index contributed by atoms with van der Waals surface area (Å²) in [4.78, 5) is 18.0. The van der Waals surface area contributed by atoms with E-state index in [2.05, 4.69) is 10.3 Å². The number of ether oxygens (including phenoxy) is 1. The summed E-state index contributed by atoms with van der Waals surface area (Å²) < 4.78 is 18.7. The number of carbonyl (C=O) groups excluding carboxylic acids is 1. The normalized spacial score (nSPS) is 19.0. The van der Waals surface area contributed by atoms with Gasteiger partial charge in [0, 0.05) is 24.7 Å². The molecule has 2 aromatic rings. The van der Waals surface area contributed by atoms with Crippen LogP contribution in [0.3, 0.4) is 0 Å². The Morgan fingerprint density at radius 2 is 2.27 bits per heavy atom. The zero-order valence-electron chi connectivity index (χ0n) is 11.9. The minimum absolute atomic E-state index is 0.0882. The number of anilines is 1. The van der Waals surface area contributed by atoms with Gasteiger partial charge >= 0.3 is 0 Å². The number of benzene rings is 1. The maximum Gasteiger partial charge on any atom is 0.240 e. The van der Waals surface area contributed by atoms with Crippen LogP contribution in [0.15, 0.2) is 35.8 Å². The molecule has 0 radical (unpaired) electrons. The fourth-order valence-corrected chi connectivity index (χ4v) is 2.92. The van der Waals surface area contributed by atoms with E-state index in [4.69, 9.17) is 4.74 Å². The number of morpholine rings is 1. The highest BCUT2D eigenvalue weighted by Crippen LogP contribution is 2.22. The number of nitrogens with one attached hydrogen (secondary N) is 1. The third kappa shape index (κ3) is 3.88. The Balaban J connectivity index is 1.56. The highest BCUT2D eigenvalue weighted by molar-refractivity contribution is 7.13. The Labute approximate surface area is 131 Å². The first-order chi connectivity index (χ1) is 10.7. The van der Waals surface area contributed by atoms with E-state index in [1.165, 1.54) is 23.5 Å². The molecule has 3 rings (SSSR count). The Morgan fingerprint density at radius 3 is 3.00 bits per heavy atom. The average Bonchev–Trinajstić information content (AvgIpc) is 3.01. The van der Waals surface area contributed by atoms with Crippen molar-refractivity contribution in [3.8, 4) is 0 Å². The largest absolute Gasteiger partial charge is 0.371 e. The van der Waals surface area contributed by atoms with Gasteiger partial charge in [-0.05, 0) is 17.7 Å². The predicted octanol–water partition coefficient (Wildman–Crippen LogP) is 2.29. The number of hydrogen-bond donors (Lipinski definition) is 1. The number of rotatable bonds is 4. The summed E-state index contributed by atoms with van der Waals surface area (Å²) in [5, 5.41) is 5.19. The maximum atomic E-state index is 13.0. The van der Waals surface area contributed by atoms with E-state index in [-0.39, 0.29) is 17.8 Å². The molecule has 1 N–H and O–H groups in total. The minimum atomic E-state index is -0.265. The fraction of sp³-hybridized carbons (Fsp3) is 0.333. The highest BCUT2D eigenvalue weighted by atomic mass is 32.1. The van der Waals surface area contributed by atoms with E-state index in [1.807, 2.05) is 10.3 Å². The molecule has 2 heterocycles. The van der Waals surface area contributed by atoms with E-state index in [0.29, 0.717) is 31.4 Å². The Hall–Kier alpha value is -1.83. The lowest BCUT2D eigenvalue weighted by atomic mass is 10.1. The predicted molar refractivity (Wildman–Crippen MR) is 82.3 cm³/mol. The standard InChI is InChI=1S/C15H16FN3O2S/c16-12-3-1-11(2-4-12)13-9-19(6-7-21-13)10-14(20)18-15-17-5-8-22-15/h1-5,8,13H,6-7,9-10H2,(H,17,18,20)/t13-/m0/s1. The number of carbonyl (C=O) groups is 1. The topological polar surface area (TPSA) is 54.5 Å². The zero-order chi connectivity index (χ0) is 15.4. The van der Waals surface area contributed by atoms with Crippen molar-refractivity contribution in [2.24, 2.45) is 0 Å². The number of amides is 1. The molecular formula is C15H16FN3O2S. The van der Waals surface area contributed by atoms with E-state index in [1.54, 1.807) is 18.3 Å². The van der Waals surface area contributed by atoms with Gasteiger partial charge in [0.05, 0.1) is 19.3 Å². The summed E-state index contributed by atoms with van der Waals surface area (Å²) in [5.41, 5.74) is 0.923. The van der Waals surface area contributed by atoms with Crippen LogP contribution >= 0.6 is 11.3 Å². The molecule has 1 atom stereocenters. The molecule has 116 valence electrons. The first-order valence-corrected chi connectivity index (χ1v) is 7.87. The number of hydrogen-bond acceptors (Lipinski definition) is 5. The molecule has 7 heteroatoms. The van der Waals surface area contributed by atoms with Gasteiger partial charge in [0.1, 0.15) is 5.82 Å². The van der Waals surface area contributed by atoms with Crippen molar-refractivity contribution in [2.45, 2.75) is 6.10 Å². The van der Waals surface area contributed by atoms with Crippen molar-refractivity contribution in [1.29, 1.82) is 0 Å². The molecule has 0 unspecified atom stereocenters. The Morgan fingerprint density at radius 1 is 1.45 bits per heavy atom. The van der Waals surface area contributed by atoms with Crippen LogP contribution in [0, 0.1) is 5.82 Å². The second-order valence-corrected chi connectivity index (χ2v) is 5.93. The van der Waals surface area contributed by atoms with Crippen LogP contribution in [0.4, 0.5) is 9.52 Å². The summed E-state index contributed by atoms with van der Waals surface area (Å²) in [5.74, 6) is -0.353. The third-order valence-electron chi connectivity index (χ3n) is 3.44. The fourth-order valence-electron chi connectivity index (χ4n) is 2.37. The molecule has 1 aliphatic rings. The van der Waals surface area contributed by atoms with Crippen LogP contribution in [0.5, 0.6) is 0 Å². The second-order valence-electron chi connectivity index (χ2n) is 5.03.